The van der Waals surface area contributed by atoms with Crippen molar-refractivity contribution in [2.75, 3.05) is 19.7 Å². The molecular weight excluding hydrogens is 351 g/mol. The minimum Gasteiger partial charge on any atom is -0.481 e. The van der Waals surface area contributed by atoms with Crippen molar-refractivity contribution in [2.45, 2.75) is 18.9 Å². The SMILES string of the molecule is Cl.O=C(COc1ccc(Br)cc1F)N[C@H]1CCCNC1. The van der Waals surface area contributed by atoms with E-state index in [1.165, 1.54) is 12.1 Å². The van der Waals surface area contributed by atoms with E-state index in [9.17, 15) is 9.18 Å². The lowest BCUT2D eigenvalue weighted by Gasteiger charge is -2.23. The second-order valence-corrected chi connectivity index (χ2v) is 5.39. The molecule has 1 amide bonds. The van der Waals surface area contributed by atoms with Crippen LogP contribution in [-0.4, -0.2) is 31.6 Å². The molecule has 1 aromatic carbocycles. The van der Waals surface area contributed by atoms with Gasteiger partial charge >= 0.3 is 0 Å². The predicted molar refractivity (Wildman–Crippen MR) is 80.9 cm³/mol. The number of nitrogens with one attached hydrogen (secondary N) is 2. The zero-order valence-electron chi connectivity index (χ0n) is 10.8. The molecule has 1 aliphatic heterocycles. The fourth-order valence-electron chi connectivity index (χ4n) is 1.98. The summed E-state index contributed by atoms with van der Waals surface area (Å²) >= 11 is 3.16. The Kier molecular flexibility index (Phi) is 7.26. The van der Waals surface area contributed by atoms with E-state index in [0.29, 0.717) is 4.47 Å². The standard InChI is InChI=1S/C13H16BrFN2O2.ClH/c14-9-3-4-12(11(15)6-9)19-8-13(18)17-10-2-1-5-16-7-10;/h3-4,6,10,16H,1-2,5,7-8H2,(H,17,18);1H/t10-;/m0./s1. The molecule has 20 heavy (non-hydrogen) atoms. The molecule has 0 saturated carbocycles. The average molecular weight is 368 g/mol. The molecule has 2 N–H and O–H groups in total. The highest BCUT2D eigenvalue weighted by molar-refractivity contribution is 9.10. The summed E-state index contributed by atoms with van der Waals surface area (Å²) in [4.78, 5) is 11.7. The van der Waals surface area contributed by atoms with Gasteiger partial charge in [0.2, 0.25) is 0 Å². The third kappa shape index (κ3) is 5.26. The smallest absolute Gasteiger partial charge is 0.258 e. The third-order valence-electron chi connectivity index (χ3n) is 2.91. The van der Waals surface area contributed by atoms with Crippen molar-refractivity contribution in [2.24, 2.45) is 0 Å². The van der Waals surface area contributed by atoms with Crippen molar-refractivity contribution in [1.29, 1.82) is 0 Å². The lowest BCUT2D eigenvalue weighted by Crippen LogP contribution is -2.47. The van der Waals surface area contributed by atoms with E-state index >= 15 is 0 Å². The van der Waals surface area contributed by atoms with Gasteiger partial charge in [-0.3, -0.25) is 4.79 Å². The minimum absolute atomic E-state index is 0. The van der Waals surface area contributed by atoms with Crippen LogP contribution >= 0.6 is 28.3 Å². The molecule has 1 saturated heterocycles. The zero-order chi connectivity index (χ0) is 13.7. The number of ether oxygens (including phenoxy) is 1. The first kappa shape index (κ1) is 17.2. The van der Waals surface area contributed by atoms with Crippen LogP contribution < -0.4 is 15.4 Å². The summed E-state index contributed by atoms with van der Waals surface area (Å²) in [7, 11) is 0. The normalized spacial score (nSPS) is 18.0. The summed E-state index contributed by atoms with van der Waals surface area (Å²) in [6, 6.07) is 4.61. The van der Waals surface area contributed by atoms with Crippen molar-refractivity contribution in [3.05, 3.63) is 28.5 Å². The van der Waals surface area contributed by atoms with E-state index in [4.69, 9.17) is 4.74 Å². The van der Waals surface area contributed by atoms with Gasteiger partial charge in [-0.15, -0.1) is 12.4 Å². The highest BCUT2D eigenvalue weighted by atomic mass is 79.9. The van der Waals surface area contributed by atoms with Crippen LogP contribution in [0.5, 0.6) is 5.75 Å². The lowest BCUT2D eigenvalue weighted by molar-refractivity contribution is -0.123. The van der Waals surface area contributed by atoms with Gasteiger partial charge < -0.3 is 15.4 Å². The number of carbonyl (C=O) groups is 1. The highest BCUT2D eigenvalue weighted by Gasteiger charge is 2.15. The van der Waals surface area contributed by atoms with Crippen molar-refractivity contribution in [3.63, 3.8) is 0 Å². The number of rotatable bonds is 4. The number of amides is 1. The Hall–Kier alpha value is -0.850. The Morgan fingerprint density at radius 3 is 3.00 bits per heavy atom. The Labute approximate surface area is 132 Å². The summed E-state index contributed by atoms with van der Waals surface area (Å²) in [6.45, 7) is 1.60. The maximum Gasteiger partial charge on any atom is 0.258 e. The number of hydrogen-bond acceptors (Lipinski definition) is 3. The Morgan fingerprint density at radius 2 is 2.35 bits per heavy atom. The molecule has 1 aromatic rings. The molecule has 0 bridgehead atoms. The monoisotopic (exact) mass is 366 g/mol. The number of carbonyl (C=O) groups excluding carboxylic acids is 1. The van der Waals surface area contributed by atoms with Crippen molar-refractivity contribution in [1.82, 2.24) is 10.6 Å². The van der Waals surface area contributed by atoms with Gasteiger partial charge in [-0.05, 0) is 37.6 Å². The van der Waals surface area contributed by atoms with Crippen molar-refractivity contribution in [3.8, 4) is 5.75 Å². The van der Waals surface area contributed by atoms with Gasteiger partial charge in [0.1, 0.15) is 0 Å². The van der Waals surface area contributed by atoms with Gasteiger partial charge in [-0.2, -0.15) is 0 Å². The van der Waals surface area contributed by atoms with Crippen LogP contribution in [0.2, 0.25) is 0 Å². The molecule has 112 valence electrons. The summed E-state index contributed by atoms with van der Waals surface area (Å²) in [5, 5.41) is 6.07. The lowest BCUT2D eigenvalue weighted by atomic mass is 10.1. The van der Waals surface area contributed by atoms with Crippen LogP contribution in [0.1, 0.15) is 12.8 Å². The quantitative estimate of drug-likeness (QED) is 0.858. The van der Waals surface area contributed by atoms with E-state index in [2.05, 4.69) is 26.6 Å². The molecule has 0 unspecified atom stereocenters. The molecular formula is C13H17BrClFN2O2. The van der Waals surface area contributed by atoms with Gasteiger partial charge in [0.25, 0.3) is 5.91 Å². The summed E-state index contributed by atoms with van der Waals surface area (Å²) in [6.07, 6.45) is 2.01. The number of piperidine rings is 1. The number of halogens is 3. The van der Waals surface area contributed by atoms with Crippen molar-refractivity contribution >= 4 is 34.2 Å². The molecule has 4 nitrogen and oxygen atoms in total. The van der Waals surface area contributed by atoms with Gasteiger partial charge in [0.05, 0.1) is 0 Å². The molecule has 0 aliphatic carbocycles. The van der Waals surface area contributed by atoms with E-state index in [1.807, 2.05) is 0 Å². The van der Waals surface area contributed by atoms with Gasteiger partial charge in [-0.1, -0.05) is 15.9 Å². The maximum absolute atomic E-state index is 13.5. The Morgan fingerprint density at radius 1 is 1.55 bits per heavy atom. The molecule has 1 atom stereocenters. The van der Waals surface area contributed by atoms with Crippen LogP contribution in [0, 0.1) is 5.82 Å². The Balaban J connectivity index is 0.00000200. The number of benzene rings is 1. The fourth-order valence-corrected chi connectivity index (χ4v) is 2.31. The second-order valence-electron chi connectivity index (χ2n) is 4.47. The topological polar surface area (TPSA) is 50.4 Å². The molecule has 0 spiro atoms. The van der Waals surface area contributed by atoms with Crippen LogP contribution in [0.3, 0.4) is 0 Å². The minimum atomic E-state index is -0.485. The predicted octanol–water partition coefficient (Wildman–Crippen LogP) is 2.26. The summed E-state index contributed by atoms with van der Waals surface area (Å²) in [5.41, 5.74) is 0. The van der Waals surface area contributed by atoms with Crippen LogP contribution in [-0.2, 0) is 4.79 Å². The second kappa shape index (κ2) is 8.44. The van der Waals surface area contributed by atoms with Crippen LogP contribution in [0.25, 0.3) is 0 Å². The van der Waals surface area contributed by atoms with E-state index < -0.39 is 5.82 Å². The molecule has 1 aliphatic rings. The molecule has 0 aromatic heterocycles. The molecule has 7 heteroatoms. The molecule has 1 heterocycles. The van der Waals surface area contributed by atoms with E-state index in [-0.39, 0.29) is 36.7 Å². The summed E-state index contributed by atoms with van der Waals surface area (Å²) < 4.78 is 19.3. The first-order valence-corrected chi connectivity index (χ1v) is 7.02. The first-order valence-electron chi connectivity index (χ1n) is 6.23. The van der Waals surface area contributed by atoms with E-state index in [1.54, 1.807) is 6.07 Å². The van der Waals surface area contributed by atoms with Crippen LogP contribution in [0.15, 0.2) is 22.7 Å². The van der Waals surface area contributed by atoms with E-state index in [0.717, 1.165) is 25.9 Å². The summed E-state index contributed by atoms with van der Waals surface area (Å²) in [5.74, 6) is -0.627. The van der Waals surface area contributed by atoms with Crippen molar-refractivity contribution < 1.29 is 13.9 Å². The Bertz CT molecular complexity index is 456. The first-order chi connectivity index (χ1) is 9.15. The highest BCUT2D eigenvalue weighted by Crippen LogP contribution is 2.21. The molecule has 0 radical (unpaired) electrons. The third-order valence-corrected chi connectivity index (χ3v) is 3.41. The molecule has 1 fully saturated rings. The van der Waals surface area contributed by atoms with Gasteiger partial charge in [0.15, 0.2) is 18.2 Å². The average Bonchev–Trinajstić information content (AvgIpc) is 2.39. The van der Waals surface area contributed by atoms with Gasteiger partial charge in [0, 0.05) is 17.1 Å². The zero-order valence-corrected chi connectivity index (χ0v) is 13.2. The number of hydrogen-bond donors (Lipinski definition) is 2. The largest absolute Gasteiger partial charge is 0.481 e. The fraction of sp³-hybridized carbons (Fsp3) is 0.462. The maximum atomic E-state index is 13.5. The van der Waals surface area contributed by atoms with Crippen LogP contribution in [0.4, 0.5) is 4.39 Å². The molecule has 2 rings (SSSR count). The van der Waals surface area contributed by atoms with Gasteiger partial charge in [-0.25, -0.2) is 4.39 Å².